The van der Waals surface area contributed by atoms with E-state index >= 15 is 0 Å². The predicted molar refractivity (Wildman–Crippen MR) is 289 cm³/mol. The van der Waals surface area contributed by atoms with Crippen LogP contribution in [0.4, 0.5) is 0 Å². The Labute approximate surface area is 447 Å². The van der Waals surface area contributed by atoms with E-state index in [1.807, 2.05) is 0 Å². The normalized spacial score (nSPS) is 24.8. The number of ether oxygens (including phenoxy) is 6. The highest BCUT2D eigenvalue weighted by molar-refractivity contribution is 5.70. The molecule has 434 valence electrons. The molecule has 0 amide bonds. The van der Waals surface area contributed by atoms with Gasteiger partial charge in [-0.3, -0.25) is 9.59 Å². The molecule has 2 heterocycles. The Morgan fingerprint density at radius 2 is 0.770 bits per heavy atom. The van der Waals surface area contributed by atoms with Gasteiger partial charge in [-0.2, -0.15) is 0 Å². The summed E-state index contributed by atoms with van der Waals surface area (Å²) in [5.74, 6) is -0.918. The van der Waals surface area contributed by atoms with Crippen LogP contribution in [0, 0.1) is 0 Å². The molecule has 0 saturated carbocycles. The Bertz CT molecular complexity index is 1380. The van der Waals surface area contributed by atoms with Crippen molar-refractivity contribution >= 4 is 11.9 Å². The van der Waals surface area contributed by atoms with Gasteiger partial charge in [-0.15, -0.1) is 0 Å². The summed E-state index contributed by atoms with van der Waals surface area (Å²) in [5.41, 5.74) is 0. The molecule has 2 aliphatic rings. The Hall–Kier alpha value is -2.02. The van der Waals surface area contributed by atoms with Gasteiger partial charge in [0.25, 0.3) is 0 Å². The Morgan fingerprint density at radius 3 is 1.19 bits per heavy atom. The highest BCUT2D eigenvalue weighted by Gasteiger charge is 2.47. The van der Waals surface area contributed by atoms with Crippen molar-refractivity contribution in [1.29, 1.82) is 0 Å². The van der Waals surface area contributed by atoms with Crippen LogP contribution in [-0.2, 0) is 38.0 Å². The van der Waals surface area contributed by atoms with E-state index in [0.717, 1.165) is 44.9 Å². The monoisotopic (exact) mass is 1060 g/mol. The van der Waals surface area contributed by atoms with Crippen molar-refractivity contribution in [2.24, 2.45) is 0 Å². The smallest absolute Gasteiger partial charge is 0.306 e. The van der Waals surface area contributed by atoms with E-state index in [2.05, 4.69) is 38.2 Å². The summed E-state index contributed by atoms with van der Waals surface area (Å²) in [6, 6.07) is 0. The molecule has 74 heavy (non-hydrogen) atoms. The number of hydrogen-bond acceptors (Lipinski definition) is 15. The van der Waals surface area contributed by atoms with Crippen molar-refractivity contribution in [3.63, 3.8) is 0 Å². The van der Waals surface area contributed by atoms with Crippen molar-refractivity contribution in [3.05, 3.63) is 24.3 Å². The number of allylic oxidation sites excluding steroid dienone is 4. The molecular weight excluding hydrogens is 949 g/mol. The molecule has 2 rings (SSSR count). The van der Waals surface area contributed by atoms with Crippen LogP contribution in [0.2, 0.25) is 0 Å². The van der Waals surface area contributed by atoms with Gasteiger partial charge in [0.1, 0.15) is 55.4 Å². The lowest BCUT2D eigenvalue weighted by Gasteiger charge is -2.42. The molecule has 2 fully saturated rings. The number of esters is 2. The number of aliphatic hydroxyl groups is 7. The van der Waals surface area contributed by atoms with E-state index in [9.17, 15) is 45.3 Å². The second kappa shape index (κ2) is 45.9. The van der Waals surface area contributed by atoms with Crippen LogP contribution in [0.1, 0.15) is 245 Å². The van der Waals surface area contributed by atoms with Crippen LogP contribution < -0.4 is 0 Å². The molecule has 11 unspecified atom stereocenters. The predicted octanol–water partition coefficient (Wildman–Crippen LogP) is 10.3. The molecule has 15 nitrogen and oxygen atoms in total. The van der Waals surface area contributed by atoms with Crippen molar-refractivity contribution in [2.45, 2.75) is 313 Å². The number of carbonyl (C=O) groups excluding carboxylic acids is 2. The highest BCUT2D eigenvalue weighted by atomic mass is 16.7. The number of rotatable bonds is 48. The number of hydrogen-bond donors (Lipinski definition) is 7. The van der Waals surface area contributed by atoms with Crippen LogP contribution >= 0.6 is 0 Å². The maximum Gasteiger partial charge on any atom is 0.306 e. The molecule has 15 heteroatoms. The van der Waals surface area contributed by atoms with Crippen molar-refractivity contribution < 1.29 is 73.8 Å². The molecule has 11 atom stereocenters. The van der Waals surface area contributed by atoms with E-state index in [-0.39, 0.29) is 26.1 Å². The SMILES string of the molecule is CCCCCCCC/C=C\CCCCCCCCCCCC(=O)OCC(COC1OC(COC2OC(CO)C(O)C(O)C2O)C(O)C(O)C1O)OC(=O)CCCCCCCCCCC/C=C\CCCCCCCC. The van der Waals surface area contributed by atoms with Gasteiger partial charge in [-0.05, 0) is 64.2 Å². The molecule has 0 radical (unpaired) electrons. The summed E-state index contributed by atoms with van der Waals surface area (Å²) in [7, 11) is 0. The summed E-state index contributed by atoms with van der Waals surface area (Å²) in [4.78, 5) is 25.9. The molecule has 0 aromatic heterocycles. The summed E-state index contributed by atoms with van der Waals surface area (Å²) in [6.45, 7) is 2.62. The standard InChI is InChI=1S/C59H108O15/c1-3-5-7-9-11-13-15-17-19-21-23-25-27-29-31-33-35-37-39-41-50(61)69-44-47(72-51(62)42-40-38-36-34-32-30-28-26-24-22-20-18-16-14-12-10-8-6-4-2)45-70-58-57(68)55(66)53(64)49(74-58)46-71-59-56(67)54(65)52(63)48(43-60)73-59/h17-20,47-49,52-60,63-68H,3-16,21-46H2,1-2H3/b19-17-,20-18-. The second-order valence-electron chi connectivity index (χ2n) is 21.2. The van der Waals surface area contributed by atoms with Gasteiger partial charge in [0.2, 0.25) is 0 Å². The largest absolute Gasteiger partial charge is 0.462 e. The van der Waals surface area contributed by atoms with E-state index in [4.69, 9.17) is 28.4 Å². The zero-order chi connectivity index (χ0) is 53.9. The Morgan fingerprint density at radius 1 is 0.419 bits per heavy atom. The van der Waals surface area contributed by atoms with E-state index < -0.39 is 92.7 Å². The molecule has 0 bridgehead atoms. The topological polar surface area (TPSA) is 231 Å². The highest BCUT2D eigenvalue weighted by Crippen LogP contribution is 2.27. The van der Waals surface area contributed by atoms with Gasteiger partial charge in [-0.1, -0.05) is 192 Å². The molecule has 0 aliphatic carbocycles. The zero-order valence-corrected chi connectivity index (χ0v) is 46.3. The van der Waals surface area contributed by atoms with Crippen LogP contribution in [-0.4, -0.2) is 142 Å². The van der Waals surface area contributed by atoms with Crippen LogP contribution in [0.15, 0.2) is 24.3 Å². The summed E-state index contributed by atoms with van der Waals surface area (Å²) in [5, 5.41) is 72.3. The van der Waals surface area contributed by atoms with Crippen LogP contribution in [0.3, 0.4) is 0 Å². The van der Waals surface area contributed by atoms with Gasteiger partial charge in [0, 0.05) is 12.8 Å². The third kappa shape index (κ3) is 32.7. The molecule has 2 saturated heterocycles. The van der Waals surface area contributed by atoms with Gasteiger partial charge >= 0.3 is 11.9 Å². The fourth-order valence-electron chi connectivity index (χ4n) is 9.50. The summed E-state index contributed by atoms with van der Waals surface area (Å²) >= 11 is 0. The minimum atomic E-state index is -1.76. The van der Waals surface area contributed by atoms with Crippen molar-refractivity contribution in [1.82, 2.24) is 0 Å². The average molecular weight is 1060 g/mol. The molecule has 0 aromatic carbocycles. The molecule has 2 aliphatic heterocycles. The van der Waals surface area contributed by atoms with Crippen LogP contribution in [0.5, 0.6) is 0 Å². The molecular formula is C59H108O15. The van der Waals surface area contributed by atoms with Crippen molar-refractivity contribution in [3.8, 4) is 0 Å². The van der Waals surface area contributed by atoms with Gasteiger partial charge in [-0.25, -0.2) is 0 Å². The van der Waals surface area contributed by atoms with E-state index in [1.165, 1.54) is 161 Å². The van der Waals surface area contributed by atoms with Gasteiger partial charge in [0.05, 0.1) is 19.8 Å². The van der Waals surface area contributed by atoms with Crippen molar-refractivity contribution in [2.75, 3.05) is 26.4 Å². The lowest BCUT2D eigenvalue weighted by Crippen LogP contribution is -2.61. The Balaban J connectivity index is 1.74. The van der Waals surface area contributed by atoms with Gasteiger partial charge in [0.15, 0.2) is 18.7 Å². The van der Waals surface area contributed by atoms with E-state index in [0.29, 0.717) is 12.8 Å². The maximum atomic E-state index is 13.1. The van der Waals surface area contributed by atoms with Crippen LogP contribution in [0.25, 0.3) is 0 Å². The zero-order valence-electron chi connectivity index (χ0n) is 46.3. The number of carbonyl (C=O) groups is 2. The molecule has 0 aromatic rings. The third-order valence-electron chi connectivity index (χ3n) is 14.4. The lowest BCUT2D eigenvalue weighted by molar-refractivity contribution is -0.332. The maximum absolute atomic E-state index is 13.1. The quantitative estimate of drug-likeness (QED) is 0.0171. The Kier molecular flexibility index (Phi) is 42.3. The second-order valence-corrected chi connectivity index (χ2v) is 21.2. The lowest BCUT2D eigenvalue weighted by atomic mass is 9.98. The summed E-state index contributed by atoms with van der Waals surface area (Å²) in [6.07, 6.45) is 33.3. The first kappa shape index (κ1) is 68.1. The minimum absolute atomic E-state index is 0.165. The fraction of sp³-hybridized carbons (Fsp3) is 0.898. The molecule has 7 N–H and O–H groups in total. The number of aliphatic hydroxyl groups excluding tert-OH is 7. The average Bonchev–Trinajstić information content (AvgIpc) is 3.39. The third-order valence-corrected chi connectivity index (χ3v) is 14.4. The van der Waals surface area contributed by atoms with Gasteiger partial charge < -0.3 is 64.2 Å². The summed E-state index contributed by atoms with van der Waals surface area (Å²) < 4.78 is 33.7. The first-order chi connectivity index (χ1) is 36.0. The fourth-order valence-corrected chi connectivity index (χ4v) is 9.50. The first-order valence-electron chi connectivity index (χ1n) is 29.9. The van der Waals surface area contributed by atoms with E-state index in [1.54, 1.807) is 0 Å². The minimum Gasteiger partial charge on any atom is -0.462 e. The molecule has 0 spiro atoms. The number of unbranched alkanes of at least 4 members (excludes halogenated alkanes) is 30. The first-order valence-corrected chi connectivity index (χ1v) is 29.9.